The standard InChI is InChI=1S/C40H36F3N3O8/c1-51-36(49)37(50)54-25-39(40(41,42)43)17-16-38(22-39)23-45(24-38)34(47)28-12-13-30-29(18-28)19-46(35(30)48)31-14-15-32(52-20-26-8-4-2-5-9-26)44-33(31)53-21-27-10-6-3-7-11-27/h2-15,18H,16-17,19-25H2,1H3. The topological polar surface area (TPSA) is 125 Å². The molecule has 3 heterocycles. The Labute approximate surface area is 308 Å². The van der Waals surface area contributed by atoms with Gasteiger partial charge in [-0.1, -0.05) is 60.7 Å². The number of anilines is 1. The summed E-state index contributed by atoms with van der Waals surface area (Å²) in [4.78, 5) is 58.1. The Balaban J connectivity index is 1.04. The molecule has 1 atom stereocenters. The summed E-state index contributed by atoms with van der Waals surface area (Å²) in [7, 11) is 0.932. The molecule has 11 nitrogen and oxygen atoms in total. The van der Waals surface area contributed by atoms with Crippen LogP contribution in [0.15, 0.2) is 91.0 Å². The summed E-state index contributed by atoms with van der Waals surface area (Å²) in [6, 6.07) is 27.2. The molecule has 2 amide bonds. The first-order chi connectivity index (χ1) is 25.9. The lowest BCUT2D eigenvalue weighted by atomic mass is 9.74. The third kappa shape index (κ3) is 7.20. The monoisotopic (exact) mass is 743 g/mol. The summed E-state index contributed by atoms with van der Waals surface area (Å²) in [5, 5.41) is 0. The van der Waals surface area contributed by atoms with Crippen molar-refractivity contribution >= 4 is 29.4 Å². The van der Waals surface area contributed by atoms with Crippen LogP contribution in [0.25, 0.3) is 0 Å². The van der Waals surface area contributed by atoms with E-state index in [9.17, 15) is 32.3 Å². The van der Waals surface area contributed by atoms with Crippen LogP contribution in [0, 0.1) is 10.8 Å². The Morgan fingerprint density at radius 2 is 1.50 bits per heavy atom. The first-order valence-electron chi connectivity index (χ1n) is 17.3. The van der Waals surface area contributed by atoms with Crippen molar-refractivity contribution in [2.24, 2.45) is 10.8 Å². The van der Waals surface area contributed by atoms with Gasteiger partial charge >= 0.3 is 18.1 Å². The number of carbonyl (C=O) groups is 4. The number of nitrogens with zero attached hydrogens (tertiary/aromatic N) is 3. The zero-order valence-electron chi connectivity index (χ0n) is 29.3. The molecular weight excluding hydrogens is 707 g/mol. The molecule has 1 saturated carbocycles. The number of hydrogen-bond donors (Lipinski definition) is 0. The minimum atomic E-state index is -4.70. The number of fused-ring (bicyclic) bond motifs is 1. The van der Waals surface area contributed by atoms with E-state index in [0.717, 1.165) is 18.2 Å². The Kier molecular flexibility index (Phi) is 9.77. The maximum absolute atomic E-state index is 14.3. The highest BCUT2D eigenvalue weighted by molar-refractivity contribution is 6.29. The molecule has 7 rings (SSSR count). The van der Waals surface area contributed by atoms with Gasteiger partial charge in [0.2, 0.25) is 11.8 Å². The zero-order valence-corrected chi connectivity index (χ0v) is 29.3. The number of amides is 2. The lowest BCUT2D eigenvalue weighted by Gasteiger charge is -2.49. The average molecular weight is 744 g/mol. The molecule has 1 unspecified atom stereocenters. The molecule has 3 aliphatic rings. The van der Waals surface area contributed by atoms with Crippen molar-refractivity contribution in [3.05, 3.63) is 119 Å². The van der Waals surface area contributed by atoms with Crippen LogP contribution in [-0.4, -0.2) is 66.6 Å². The summed E-state index contributed by atoms with van der Waals surface area (Å²) < 4.78 is 64.0. The molecule has 4 aromatic rings. The van der Waals surface area contributed by atoms with Crippen LogP contribution in [0.5, 0.6) is 11.8 Å². The van der Waals surface area contributed by atoms with Crippen LogP contribution in [-0.2, 0) is 38.8 Å². The van der Waals surface area contributed by atoms with Crippen molar-refractivity contribution in [3.63, 3.8) is 0 Å². The van der Waals surface area contributed by atoms with Crippen molar-refractivity contribution in [1.82, 2.24) is 9.88 Å². The minimum absolute atomic E-state index is 0.0865. The average Bonchev–Trinajstić information content (AvgIpc) is 3.74. The van der Waals surface area contributed by atoms with Crippen LogP contribution >= 0.6 is 0 Å². The second-order valence-electron chi connectivity index (χ2n) is 14.0. The van der Waals surface area contributed by atoms with Gasteiger partial charge in [-0.05, 0) is 60.2 Å². The van der Waals surface area contributed by atoms with Crippen molar-refractivity contribution in [3.8, 4) is 11.8 Å². The molecule has 1 spiro atoms. The van der Waals surface area contributed by atoms with E-state index in [4.69, 9.17) is 14.2 Å². The number of pyridine rings is 1. The summed E-state index contributed by atoms with van der Waals surface area (Å²) in [5.74, 6) is -3.04. The maximum Gasteiger partial charge on any atom is 0.417 e. The summed E-state index contributed by atoms with van der Waals surface area (Å²) in [5.41, 5.74) is 0.423. The normalized spacial score (nSPS) is 18.6. The van der Waals surface area contributed by atoms with Crippen LogP contribution in [0.3, 0.4) is 0 Å². The van der Waals surface area contributed by atoms with Crippen molar-refractivity contribution in [2.75, 3.05) is 31.7 Å². The highest BCUT2D eigenvalue weighted by atomic mass is 19.4. The number of halogens is 3. The van der Waals surface area contributed by atoms with Crippen molar-refractivity contribution in [2.45, 2.75) is 45.2 Å². The van der Waals surface area contributed by atoms with Gasteiger partial charge < -0.3 is 23.8 Å². The molecule has 54 heavy (non-hydrogen) atoms. The molecule has 280 valence electrons. The SMILES string of the molecule is COC(=O)C(=O)OCC1(C(F)(F)F)CCC2(CN(C(=O)c3ccc4c(c3)CN(c3ccc(OCc5ccccc5)nc3OCc3ccccc3)C4=O)C2)C1. The second kappa shape index (κ2) is 14.5. The Bertz CT molecular complexity index is 2070. The smallest absolute Gasteiger partial charge is 0.417 e. The van der Waals surface area contributed by atoms with E-state index in [-0.39, 0.29) is 69.8 Å². The van der Waals surface area contributed by atoms with Gasteiger partial charge in [-0.2, -0.15) is 18.2 Å². The van der Waals surface area contributed by atoms with E-state index in [1.807, 2.05) is 60.7 Å². The van der Waals surface area contributed by atoms with Crippen LogP contribution < -0.4 is 14.4 Å². The predicted octanol–water partition coefficient (Wildman–Crippen LogP) is 6.29. The third-order valence-electron chi connectivity index (χ3n) is 10.3. The van der Waals surface area contributed by atoms with E-state index in [2.05, 4.69) is 9.72 Å². The van der Waals surface area contributed by atoms with Crippen LogP contribution in [0.4, 0.5) is 18.9 Å². The summed E-state index contributed by atoms with van der Waals surface area (Å²) >= 11 is 0. The highest BCUT2D eigenvalue weighted by Gasteiger charge is 2.65. The number of likely N-dealkylation sites (tertiary alicyclic amines) is 1. The second-order valence-corrected chi connectivity index (χ2v) is 14.0. The number of alkyl halides is 3. The molecule has 2 aliphatic heterocycles. The van der Waals surface area contributed by atoms with Gasteiger partial charge in [0.25, 0.3) is 11.8 Å². The molecule has 0 radical (unpaired) electrons. The number of esters is 2. The minimum Gasteiger partial charge on any atom is -0.473 e. The largest absolute Gasteiger partial charge is 0.473 e. The molecule has 1 aromatic heterocycles. The molecule has 0 bridgehead atoms. The Morgan fingerprint density at radius 3 is 2.15 bits per heavy atom. The van der Waals surface area contributed by atoms with Crippen LogP contribution in [0.1, 0.15) is 56.7 Å². The number of hydrogen-bond acceptors (Lipinski definition) is 9. The predicted molar refractivity (Wildman–Crippen MR) is 186 cm³/mol. The highest BCUT2D eigenvalue weighted by Crippen LogP contribution is 2.60. The van der Waals surface area contributed by atoms with Crippen molar-refractivity contribution < 1.29 is 51.3 Å². The van der Waals surface area contributed by atoms with Gasteiger partial charge in [-0.3, -0.25) is 14.5 Å². The van der Waals surface area contributed by atoms with Gasteiger partial charge in [0, 0.05) is 35.7 Å². The number of carbonyl (C=O) groups excluding carboxylic acids is 4. The maximum atomic E-state index is 14.3. The zero-order chi connectivity index (χ0) is 38.1. The van der Waals surface area contributed by atoms with E-state index < -0.39 is 35.6 Å². The number of methoxy groups -OCH3 is 1. The number of ether oxygens (including phenoxy) is 4. The third-order valence-corrected chi connectivity index (χ3v) is 10.3. The quantitative estimate of drug-likeness (QED) is 0.136. The van der Waals surface area contributed by atoms with Crippen molar-refractivity contribution in [1.29, 1.82) is 0 Å². The Morgan fingerprint density at radius 1 is 0.833 bits per heavy atom. The van der Waals surface area contributed by atoms with Crippen LogP contribution in [0.2, 0.25) is 0 Å². The van der Waals surface area contributed by atoms with Gasteiger partial charge in [0.15, 0.2) is 0 Å². The molecule has 0 N–H and O–H groups in total. The van der Waals surface area contributed by atoms with E-state index in [0.29, 0.717) is 28.3 Å². The molecule has 1 aliphatic carbocycles. The van der Waals surface area contributed by atoms with Gasteiger partial charge in [-0.25, -0.2) is 9.59 Å². The molecule has 1 saturated heterocycles. The fourth-order valence-corrected chi connectivity index (χ4v) is 7.47. The number of aromatic nitrogens is 1. The molecule has 14 heteroatoms. The molecule has 2 fully saturated rings. The van der Waals surface area contributed by atoms with Gasteiger partial charge in [-0.15, -0.1) is 0 Å². The molecule has 3 aromatic carbocycles. The Hall–Kier alpha value is -5.92. The number of rotatable bonds is 10. The van der Waals surface area contributed by atoms with E-state index >= 15 is 0 Å². The first kappa shape index (κ1) is 36.4. The first-order valence-corrected chi connectivity index (χ1v) is 17.3. The fourth-order valence-electron chi connectivity index (χ4n) is 7.47. The van der Waals surface area contributed by atoms with E-state index in [1.165, 1.54) is 9.80 Å². The number of benzene rings is 3. The summed E-state index contributed by atoms with van der Waals surface area (Å²) in [6.45, 7) is -0.230. The van der Waals surface area contributed by atoms with E-state index in [1.54, 1.807) is 30.3 Å². The summed E-state index contributed by atoms with van der Waals surface area (Å²) in [6.07, 6.45) is -5.20. The fraction of sp³-hybridized carbons (Fsp3) is 0.325. The molecular formula is C40H36F3N3O8. The lowest BCUT2D eigenvalue weighted by molar-refractivity contribution is -0.241. The van der Waals surface area contributed by atoms with Gasteiger partial charge in [0.05, 0.1) is 13.7 Å². The van der Waals surface area contributed by atoms with Gasteiger partial charge in [0.1, 0.15) is 30.9 Å². The lowest BCUT2D eigenvalue weighted by Crippen LogP contribution is -2.58.